The molecule has 5 amide bonds. The molecule has 5 aliphatic heterocycles. The van der Waals surface area contributed by atoms with Crippen LogP contribution in [0, 0.1) is 23.2 Å². The van der Waals surface area contributed by atoms with E-state index in [-0.39, 0.29) is 35.3 Å². The summed E-state index contributed by atoms with van der Waals surface area (Å²) >= 11 is 6.27. The van der Waals surface area contributed by atoms with Gasteiger partial charge >= 0.3 is 0 Å². The molecule has 0 spiro atoms. The fourth-order valence-corrected chi connectivity index (χ4v) is 9.17. The molecule has 61 heavy (non-hydrogen) atoms. The molecule has 3 saturated heterocycles. The molecule has 5 aliphatic rings. The lowest BCUT2D eigenvalue weighted by Crippen LogP contribution is -2.54. The Morgan fingerprint density at radius 1 is 0.869 bits per heavy atom. The first-order valence-electron chi connectivity index (χ1n) is 20.4. The predicted octanol–water partition coefficient (Wildman–Crippen LogP) is 3.92. The van der Waals surface area contributed by atoms with E-state index < -0.39 is 41.5 Å². The van der Waals surface area contributed by atoms with Crippen LogP contribution in [0.2, 0.25) is 5.02 Å². The van der Waals surface area contributed by atoms with E-state index in [0.29, 0.717) is 68.0 Å². The van der Waals surface area contributed by atoms with Crippen molar-refractivity contribution >= 4 is 64.1 Å². The van der Waals surface area contributed by atoms with Gasteiger partial charge in [0.05, 0.1) is 39.5 Å². The van der Waals surface area contributed by atoms with Gasteiger partial charge in [0.15, 0.2) is 0 Å². The van der Waals surface area contributed by atoms with Crippen molar-refractivity contribution in [3.63, 3.8) is 0 Å². The van der Waals surface area contributed by atoms with Crippen LogP contribution in [0.5, 0.6) is 0 Å². The summed E-state index contributed by atoms with van der Waals surface area (Å²) in [6.07, 6.45) is 4.08. The fraction of sp³-hybridized carbons (Fsp3) is 0.372. The second-order valence-corrected chi connectivity index (χ2v) is 16.4. The molecule has 2 aromatic carbocycles. The van der Waals surface area contributed by atoms with Crippen LogP contribution in [0.15, 0.2) is 54.9 Å². The molecule has 1 atom stereocenters. The number of aromatic nitrogens is 3. The number of halogens is 2. The number of nitriles is 1. The van der Waals surface area contributed by atoms with Gasteiger partial charge in [-0.1, -0.05) is 11.6 Å². The Morgan fingerprint density at radius 3 is 2.36 bits per heavy atom. The molecule has 18 heteroatoms. The highest BCUT2D eigenvalue weighted by molar-refractivity contribution is 6.32. The quantitative estimate of drug-likeness (QED) is 0.192. The molecular weight excluding hydrogens is 805 g/mol. The summed E-state index contributed by atoms with van der Waals surface area (Å²) < 4.78 is 15.4. The zero-order chi connectivity index (χ0) is 42.4. The Hall–Kier alpha value is -6.51. The molecule has 0 bridgehead atoms. The van der Waals surface area contributed by atoms with Crippen LogP contribution in [0.3, 0.4) is 0 Å². The summed E-state index contributed by atoms with van der Waals surface area (Å²) in [5, 5.41) is 15.0. The number of fused-ring (bicyclic) bond motifs is 2. The molecule has 2 N–H and O–H groups in total. The first-order chi connectivity index (χ1) is 29.5. The van der Waals surface area contributed by atoms with E-state index in [0.717, 1.165) is 60.0 Å². The van der Waals surface area contributed by atoms with Gasteiger partial charge in [-0.15, -0.1) is 0 Å². The lowest BCUT2D eigenvalue weighted by molar-refractivity contribution is -0.136. The Kier molecular flexibility index (Phi) is 10.8. The van der Waals surface area contributed by atoms with E-state index >= 15 is 4.39 Å². The van der Waals surface area contributed by atoms with E-state index in [9.17, 15) is 29.2 Å². The summed E-state index contributed by atoms with van der Waals surface area (Å²) in [4.78, 5) is 86.3. The normalized spacial score (nSPS) is 19.7. The Labute approximate surface area is 355 Å². The monoisotopic (exact) mass is 845 g/mol. The van der Waals surface area contributed by atoms with Crippen LogP contribution >= 0.6 is 11.6 Å². The number of piperidine rings is 2. The minimum absolute atomic E-state index is 0.0691. The fourth-order valence-electron chi connectivity index (χ4n) is 8.96. The molecule has 0 radical (unpaired) electrons. The lowest BCUT2D eigenvalue weighted by Gasteiger charge is -2.39. The second-order valence-electron chi connectivity index (χ2n) is 16.0. The van der Waals surface area contributed by atoms with Crippen molar-refractivity contribution in [2.75, 3.05) is 67.5 Å². The third kappa shape index (κ3) is 7.84. The number of imide groups is 2. The van der Waals surface area contributed by atoms with Gasteiger partial charge in [-0.2, -0.15) is 9.65 Å². The number of benzene rings is 2. The molecule has 7 heterocycles. The molecule has 312 valence electrons. The number of hydrogen-bond acceptors (Lipinski definition) is 13. The number of nitrogens with zero attached hydrogens (tertiary/aromatic N) is 9. The number of rotatable bonds is 8. The summed E-state index contributed by atoms with van der Waals surface area (Å²) in [6.45, 7) is 5.83. The van der Waals surface area contributed by atoms with Gasteiger partial charge in [0, 0.05) is 75.7 Å². The second kappa shape index (κ2) is 16.5. The van der Waals surface area contributed by atoms with E-state index in [2.05, 4.69) is 46.4 Å². The van der Waals surface area contributed by atoms with E-state index in [1.807, 2.05) is 12.1 Å². The van der Waals surface area contributed by atoms with Crippen LogP contribution in [0.25, 0.3) is 0 Å². The molecule has 9 rings (SSSR count). The first kappa shape index (κ1) is 39.9. The summed E-state index contributed by atoms with van der Waals surface area (Å²) in [6, 6.07) is 14.7. The molecule has 0 aliphatic carbocycles. The predicted molar refractivity (Wildman–Crippen MR) is 221 cm³/mol. The van der Waals surface area contributed by atoms with Crippen LogP contribution in [-0.4, -0.2) is 118 Å². The average molecular weight is 846 g/mol. The number of hydrogen-bond donors (Lipinski definition) is 2. The zero-order valence-electron chi connectivity index (χ0n) is 33.1. The highest BCUT2D eigenvalue weighted by atomic mass is 35.5. The third-order valence-corrected chi connectivity index (χ3v) is 12.7. The topological polar surface area (TPSA) is 188 Å². The maximum Gasteiger partial charge on any atom is 0.262 e. The van der Waals surface area contributed by atoms with Gasteiger partial charge in [0.25, 0.3) is 17.7 Å². The van der Waals surface area contributed by atoms with Crippen LogP contribution in [0.4, 0.5) is 27.4 Å². The number of piperazine rings is 1. The number of nitrogens with one attached hydrogen (secondary N) is 2. The molecule has 16 nitrogen and oxygen atoms in total. The Morgan fingerprint density at radius 2 is 1.62 bits per heavy atom. The van der Waals surface area contributed by atoms with Gasteiger partial charge in [-0.25, -0.2) is 15.0 Å². The zero-order valence-corrected chi connectivity index (χ0v) is 33.8. The minimum Gasteiger partial charge on any atom is -0.371 e. The largest absolute Gasteiger partial charge is 0.371 e. The van der Waals surface area contributed by atoms with Gasteiger partial charge in [-0.3, -0.25) is 39.1 Å². The molecule has 3 fully saturated rings. The third-order valence-electron chi connectivity index (χ3n) is 12.3. The lowest BCUT2D eigenvalue weighted by atomic mass is 9.95. The standard InChI is InChI=1S/C43H41ClFN11O5/c44-33-20-28(2-1-26(33)21-46)55-14-11-30-34(23-55)47-24-48-39(30)50-36-7-5-31(38(45)49-36)41(59)54-17-15-52(16-18-54)22-25-9-12-53(13-10-25)27-3-4-29-32(19-27)43(61)56(42(29)60)35-6-8-37(57)51-40(35)58/h1-5,7,19-20,24-25,35H,6,8-18,22-23H2,(H,51,57,58)(H,47,48,49,50). The smallest absolute Gasteiger partial charge is 0.262 e. The van der Waals surface area contributed by atoms with Crippen molar-refractivity contribution in [3.8, 4) is 6.07 Å². The van der Waals surface area contributed by atoms with Gasteiger partial charge < -0.3 is 20.0 Å². The number of carbonyl (C=O) groups is 5. The first-order valence-corrected chi connectivity index (χ1v) is 20.8. The number of carbonyl (C=O) groups excluding carboxylic acids is 5. The van der Waals surface area contributed by atoms with E-state index in [1.54, 1.807) is 35.2 Å². The Bertz CT molecular complexity index is 2520. The van der Waals surface area contributed by atoms with Gasteiger partial charge in [-0.05, 0) is 80.1 Å². The maximum absolute atomic E-state index is 15.4. The molecular formula is C43H41ClFN11O5. The highest BCUT2D eigenvalue weighted by Crippen LogP contribution is 2.34. The van der Waals surface area contributed by atoms with Crippen molar-refractivity contribution in [1.29, 1.82) is 5.26 Å². The summed E-state index contributed by atoms with van der Waals surface area (Å²) in [7, 11) is 0. The Balaban J connectivity index is 0.749. The minimum atomic E-state index is -1.00. The average Bonchev–Trinajstić information content (AvgIpc) is 3.51. The van der Waals surface area contributed by atoms with Crippen LogP contribution in [0.1, 0.15) is 73.6 Å². The van der Waals surface area contributed by atoms with Crippen molar-refractivity contribution in [2.45, 2.75) is 44.7 Å². The van der Waals surface area contributed by atoms with Crippen molar-refractivity contribution in [3.05, 3.63) is 99.3 Å². The van der Waals surface area contributed by atoms with Crippen LogP contribution < -0.4 is 20.4 Å². The van der Waals surface area contributed by atoms with Crippen LogP contribution in [-0.2, 0) is 22.6 Å². The molecule has 0 saturated carbocycles. The van der Waals surface area contributed by atoms with Gasteiger partial charge in [0.1, 0.15) is 30.1 Å². The number of amides is 5. The SMILES string of the molecule is N#Cc1ccc(N2CCc3c(ncnc3Nc3ccc(C(=O)N4CCN(CC5CCN(c6ccc7c(c6)C(=O)N(C6CCC(=O)NC6=O)C7=O)CC5)CC4)c(F)n3)C2)cc1Cl. The molecule has 4 aromatic rings. The van der Waals surface area contributed by atoms with Crippen molar-refractivity contribution < 1.29 is 28.4 Å². The maximum atomic E-state index is 15.4. The van der Waals surface area contributed by atoms with E-state index in [1.165, 1.54) is 12.4 Å². The van der Waals surface area contributed by atoms with Crippen molar-refractivity contribution in [2.24, 2.45) is 5.92 Å². The molecule has 2 aromatic heterocycles. The summed E-state index contributed by atoms with van der Waals surface area (Å²) in [5.41, 5.74) is 4.27. The van der Waals surface area contributed by atoms with Crippen molar-refractivity contribution in [1.82, 2.24) is 35.0 Å². The van der Waals surface area contributed by atoms with Gasteiger partial charge in [0.2, 0.25) is 17.8 Å². The highest BCUT2D eigenvalue weighted by Gasteiger charge is 2.45. The number of anilines is 4. The number of pyridine rings is 1. The summed E-state index contributed by atoms with van der Waals surface area (Å²) in [5.74, 6) is -2.16. The van der Waals surface area contributed by atoms with E-state index in [4.69, 9.17) is 11.6 Å². The molecule has 1 unspecified atom stereocenters.